The molecule has 0 unspecified atom stereocenters. The summed E-state index contributed by atoms with van der Waals surface area (Å²) in [5.74, 6) is 5.33. The molecule has 20 heavy (non-hydrogen) atoms. The van der Waals surface area contributed by atoms with Gasteiger partial charge in [-0.25, -0.2) is 0 Å². The number of benzene rings is 1. The van der Waals surface area contributed by atoms with Crippen LogP contribution < -0.4 is 5.32 Å². The number of nitrogens with one attached hydrogen (secondary N) is 1. The lowest BCUT2D eigenvalue weighted by molar-refractivity contribution is 0.0943. The molecule has 2 N–H and O–H groups in total. The lowest BCUT2D eigenvalue weighted by atomic mass is 10.0. The second kappa shape index (κ2) is 4.96. The number of hydrogen-bond donors (Lipinski definition) is 2. The van der Waals surface area contributed by atoms with Crippen molar-refractivity contribution in [1.29, 1.82) is 0 Å². The maximum Gasteiger partial charge on any atom is 0.251 e. The van der Waals surface area contributed by atoms with Crippen molar-refractivity contribution in [2.24, 2.45) is 10.8 Å². The summed E-state index contributed by atoms with van der Waals surface area (Å²) in [6.45, 7) is 8.49. The average molecular weight is 271 g/mol. The Labute approximate surface area is 120 Å². The van der Waals surface area contributed by atoms with E-state index in [9.17, 15) is 4.79 Å². The molecule has 1 aliphatic carbocycles. The van der Waals surface area contributed by atoms with Crippen LogP contribution in [-0.2, 0) is 0 Å². The molecule has 0 aliphatic heterocycles. The minimum absolute atomic E-state index is 0.0682. The van der Waals surface area contributed by atoms with Crippen LogP contribution in [0.3, 0.4) is 0 Å². The molecule has 0 saturated heterocycles. The number of rotatable bonds is 2. The maximum absolute atomic E-state index is 12.3. The molecule has 0 radical (unpaired) electrons. The van der Waals surface area contributed by atoms with Gasteiger partial charge in [-0.3, -0.25) is 4.79 Å². The van der Waals surface area contributed by atoms with Gasteiger partial charge >= 0.3 is 0 Å². The number of aliphatic hydroxyl groups excluding tert-OH is 1. The van der Waals surface area contributed by atoms with Crippen LogP contribution in [-0.4, -0.2) is 23.7 Å². The third kappa shape index (κ3) is 2.44. The van der Waals surface area contributed by atoms with Crippen molar-refractivity contribution in [3.63, 3.8) is 0 Å². The van der Waals surface area contributed by atoms with Crippen molar-refractivity contribution in [1.82, 2.24) is 5.32 Å². The third-order valence-electron chi connectivity index (χ3n) is 4.73. The quantitative estimate of drug-likeness (QED) is 0.810. The molecular weight excluding hydrogens is 250 g/mol. The van der Waals surface area contributed by atoms with Gasteiger partial charge in [-0.1, -0.05) is 45.6 Å². The molecule has 1 aromatic carbocycles. The van der Waals surface area contributed by atoms with E-state index in [4.69, 9.17) is 5.11 Å². The summed E-state index contributed by atoms with van der Waals surface area (Å²) in [4.78, 5) is 12.3. The topological polar surface area (TPSA) is 49.3 Å². The SMILES string of the molecule is CC1(C)C(NC(=O)c2cccc(C#CCO)c2)C1(C)C. The summed E-state index contributed by atoms with van der Waals surface area (Å²) in [7, 11) is 0. The molecular formula is C17H21NO2. The minimum atomic E-state index is -0.180. The Kier molecular flexibility index (Phi) is 3.62. The Hall–Kier alpha value is -1.79. The highest BCUT2D eigenvalue weighted by molar-refractivity contribution is 5.95. The fraction of sp³-hybridized carbons (Fsp3) is 0.471. The van der Waals surface area contributed by atoms with Gasteiger partial charge in [-0.15, -0.1) is 0 Å². The standard InChI is InChI=1S/C17H21NO2/c1-16(2)15(17(16,3)4)18-14(20)13-9-5-7-12(11-13)8-6-10-19/h5,7,9,11,15,19H,10H2,1-4H3,(H,18,20). The van der Waals surface area contributed by atoms with Crippen LogP contribution in [0.25, 0.3) is 0 Å². The second-order valence-electron chi connectivity index (χ2n) is 6.39. The molecule has 3 heteroatoms. The van der Waals surface area contributed by atoms with Crippen LogP contribution in [0.2, 0.25) is 0 Å². The van der Waals surface area contributed by atoms with Crippen LogP contribution in [0.15, 0.2) is 24.3 Å². The highest BCUT2D eigenvalue weighted by Gasteiger charge is 2.65. The zero-order chi connectivity index (χ0) is 15.0. The van der Waals surface area contributed by atoms with Gasteiger partial charge in [0.05, 0.1) is 0 Å². The van der Waals surface area contributed by atoms with Crippen molar-refractivity contribution >= 4 is 5.91 Å². The van der Waals surface area contributed by atoms with E-state index in [0.717, 1.165) is 5.56 Å². The van der Waals surface area contributed by atoms with E-state index < -0.39 is 0 Å². The first kappa shape index (κ1) is 14.6. The highest BCUT2D eigenvalue weighted by atomic mass is 16.2. The predicted molar refractivity (Wildman–Crippen MR) is 79.2 cm³/mol. The van der Waals surface area contributed by atoms with Gasteiger partial charge in [0.25, 0.3) is 5.91 Å². The first-order valence-corrected chi connectivity index (χ1v) is 6.81. The van der Waals surface area contributed by atoms with Gasteiger partial charge in [0, 0.05) is 17.2 Å². The Bertz CT molecular complexity index is 576. The molecule has 1 fully saturated rings. The van der Waals surface area contributed by atoms with Gasteiger partial charge < -0.3 is 10.4 Å². The van der Waals surface area contributed by atoms with Gasteiger partial charge in [-0.05, 0) is 29.0 Å². The molecule has 0 aromatic heterocycles. The molecule has 1 amide bonds. The van der Waals surface area contributed by atoms with E-state index in [2.05, 4.69) is 44.9 Å². The lowest BCUT2D eigenvalue weighted by Gasteiger charge is -2.07. The van der Waals surface area contributed by atoms with Crippen LogP contribution in [0.5, 0.6) is 0 Å². The van der Waals surface area contributed by atoms with Crippen molar-refractivity contribution in [2.75, 3.05) is 6.61 Å². The van der Waals surface area contributed by atoms with E-state index in [1.54, 1.807) is 18.2 Å². The zero-order valence-electron chi connectivity index (χ0n) is 12.4. The number of carbonyl (C=O) groups is 1. The van der Waals surface area contributed by atoms with E-state index in [1.807, 2.05) is 6.07 Å². The number of carbonyl (C=O) groups excluding carboxylic acids is 1. The van der Waals surface area contributed by atoms with E-state index >= 15 is 0 Å². The zero-order valence-corrected chi connectivity index (χ0v) is 12.4. The first-order valence-electron chi connectivity index (χ1n) is 6.81. The van der Waals surface area contributed by atoms with Crippen LogP contribution >= 0.6 is 0 Å². The van der Waals surface area contributed by atoms with Crippen molar-refractivity contribution < 1.29 is 9.90 Å². The Morgan fingerprint density at radius 3 is 2.50 bits per heavy atom. The molecule has 106 valence electrons. The molecule has 1 aliphatic rings. The van der Waals surface area contributed by atoms with Gasteiger partial charge in [0.2, 0.25) is 0 Å². The van der Waals surface area contributed by atoms with Crippen molar-refractivity contribution in [2.45, 2.75) is 33.7 Å². The predicted octanol–water partition coefficient (Wildman–Crippen LogP) is 2.19. The summed E-state index contributed by atoms with van der Waals surface area (Å²) in [6, 6.07) is 7.35. The van der Waals surface area contributed by atoms with E-state index in [1.165, 1.54) is 0 Å². The largest absolute Gasteiger partial charge is 0.384 e. The minimum Gasteiger partial charge on any atom is -0.384 e. The molecule has 1 saturated carbocycles. The van der Waals surface area contributed by atoms with E-state index in [-0.39, 0.29) is 29.4 Å². The van der Waals surface area contributed by atoms with Gasteiger partial charge in [0.1, 0.15) is 6.61 Å². The Morgan fingerprint density at radius 2 is 1.95 bits per heavy atom. The number of amides is 1. The lowest BCUT2D eigenvalue weighted by Crippen LogP contribution is -2.29. The maximum atomic E-state index is 12.3. The average Bonchev–Trinajstić information content (AvgIpc) is 2.79. The normalized spacial score (nSPS) is 18.9. The van der Waals surface area contributed by atoms with Crippen molar-refractivity contribution in [3.05, 3.63) is 35.4 Å². The van der Waals surface area contributed by atoms with Crippen molar-refractivity contribution in [3.8, 4) is 11.8 Å². The molecule has 2 rings (SSSR count). The fourth-order valence-corrected chi connectivity index (χ4v) is 2.65. The molecule has 3 nitrogen and oxygen atoms in total. The first-order chi connectivity index (χ1) is 9.30. The fourth-order valence-electron chi connectivity index (χ4n) is 2.65. The summed E-state index contributed by atoms with van der Waals surface area (Å²) < 4.78 is 0. The number of hydrogen-bond acceptors (Lipinski definition) is 2. The molecule has 0 atom stereocenters. The van der Waals surface area contributed by atoms with Gasteiger partial charge in [-0.2, -0.15) is 0 Å². The molecule has 0 heterocycles. The Balaban J connectivity index is 2.11. The summed E-state index contributed by atoms with van der Waals surface area (Å²) in [5.41, 5.74) is 1.59. The molecule has 0 bridgehead atoms. The van der Waals surface area contributed by atoms with E-state index in [0.29, 0.717) is 5.56 Å². The second-order valence-corrected chi connectivity index (χ2v) is 6.39. The van der Waals surface area contributed by atoms with Crippen LogP contribution in [0.1, 0.15) is 43.6 Å². The summed E-state index contributed by atoms with van der Waals surface area (Å²) in [6.07, 6.45) is 0. The number of aliphatic hydroxyl groups is 1. The third-order valence-corrected chi connectivity index (χ3v) is 4.73. The molecule has 1 aromatic rings. The highest BCUT2D eigenvalue weighted by Crippen LogP contribution is 2.62. The Morgan fingerprint density at radius 1 is 1.30 bits per heavy atom. The molecule has 0 spiro atoms. The van der Waals surface area contributed by atoms with Crippen LogP contribution in [0.4, 0.5) is 0 Å². The monoisotopic (exact) mass is 271 g/mol. The van der Waals surface area contributed by atoms with Gasteiger partial charge in [0.15, 0.2) is 0 Å². The van der Waals surface area contributed by atoms with Crippen LogP contribution in [0, 0.1) is 22.7 Å². The summed E-state index contributed by atoms with van der Waals surface area (Å²) in [5, 5.41) is 11.8. The summed E-state index contributed by atoms with van der Waals surface area (Å²) >= 11 is 0. The smallest absolute Gasteiger partial charge is 0.251 e.